The Morgan fingerprint density at radius 2 is 2.00 bits per heavy atom. The van der Waals surface area contributed by atoms with E-state index < -0.39 is 29.7 Å². The summed E-state index contributed by atoms with van der Waals surface area (Å²) < 4.78 is 49.3. The number of hydrogen-bond donors (Lipinski definition) is 2. The third-order valence-electron chi connectivity index (χ3n) is 3.69. The molecule has 1 aromatic carbocycles. The van der Waals surface area contributed by atoms with Gasteiger partial charge in [-0.25, -0.2) is 0 Å². The van der Waals surface area contributed by atoms with Crippen LogP contribution < -0.4 is 14.8 Å². The second kappa shape index (κ2) is 6.04. The van der Waals surface area contributed by atoms with Gasteiger partial charge in [-0.2, -0.15) is 13.2 Å². The van der Waals surface area contributed by atoms with Gasteiger partial charge in [0.15, 0.2) is 11.5 Å². The lowest BCUT2D eigenvalue weighted by Gasteiger charge is -2.19. The quantitative estimate of drug-likeness (QED) is 0.892. The van der Waals surface area contributed by atoms with Crippen LogP contribution in [0.3, 0.4) is 0 Å². The smallest absolute Gasteiger partial charge is 0.420 e. The van der Waals surface area contributed by atoms with E-state index in [9.17, 15) is 18.0 Å². The Hall–Kier alpha value is -1.96. The van der Waals surface area contributed by atoms with Crippen LogP contribution in [0.15, 0.2) is 12.1 Å². The van der Waals surface area contributed by atoms with Crippen LogP contribution in [-0.4, -0.2) is 31.8 Å². The van der Waals surface area contributed by atoms with Gasteiger partial charge in [0.2, 0.25) is 0 Å². The minimum atomic E-state index is -4.60. The van der Waals surface area contributed by atoms with Crippen molar-refractivity contribution in [1.29, 1.82) is 0 Å². The van der Waals surface area contributed by atoms with Crippen LogP contribution in [-0.2, 0) is 11.0 Å². The Balaban J connectivity index is 2.43. The molecule has 1 aliphatic heterocycles. The number of carboxylic acids is 1. The monoisotopic (exact) mass is 319 g/mol. The van der Waals surface area contributed by atoms with Crippen molar-refractivity contribution in [2.45, 2.75) is 18.6 Å². The standard InChI is InChI=1S/C14H16F3NO4/c1-21-11-5-7(10-4-8(6-18-10)13(19)20)3-9(12(11)22-2)14(15,16)17/h3,5,8,10,18H,4,6H2,1-2H3,(H,19,20). The van der Waals surface area contributed by atoms with Crippen molar-refractivity contribution in [3.8, 4) is 11.5 Å². The maximum absolute atomic E-state index is 13.2. The molecule has 5 nitrogen and oxygen atoms in total. The molecule has 1 saturated heterocycles. The lowest BCUT2D eigenvalue weighted by Crippen LogP contribution is -2.18. The Morgan fingerprint density at radius 3 is 2.45 bits per heavy atom. The molecule has 0 radical (unpaired) electrons. The van der Waals surface area contributed by atoms with Gasteiger partial charge in [-0.1, -0.05) is 0 Å². The SMILES string of the molecule is COc1cc(C2CC(C(=O)O)CN2)cc(C(F)(F)F)c1OC. The normalized spacial score (nSPS) is 21.7. The molecule has 0 aromatic heterocycles. The molecule has 2 atom stereocenters. The Labute approximate surface area is 125 Å². The highest BCUT2D eigenvalue weighted by atomic mass is 19.4. The largest absolute Gasteiger partial charge is 0.493 e. The fraction of sp³-hybridized carbons (Fsp3) is 0.500. The van der Waals surface area contributed by atoms with Crippen LogP contribution in [0.2, 0.25) is 0 Å². The number of hydrogen-bond acceptors (Lipinski definition) is 4. The maximum Gasteiger partial charge on any atom is 0.420 e. The number of halogens is 3. The van der Waals surface area contributed by atoms with Gasteiger partial charge in [0, 0.05) is 12.6 Å². The first-order chi connectivity index (χ1) is 10.3. The number of ether oxygens (including phenoxy) is 2. The van der Waals surface area contributed by atoms with E-state index in [-0.39, 0.29) is 24.5 Å². The number of carbonyl (C=O) groups is 1. The molecule has 22 heavy (non-hydrogen) atoms. The van der Waals surface area contributed by atoms with Crippen molar-refractivity contribution in [3.63, 3.8) is 0 Å². The summed E-state index contributed by atoms with van der Waals surface area (Å²) in [5.41, 5.74) is -0.612. The zero-order valence-corrected chi connectivity index (χ0v) is 12.0. The van der Waals surface area contributed by atoms with E-state index >= 15 is 0 Å². The van der Waals surface area contributed by atoms with Gasteiger partial charge in [-0.3, -0.25) is 4.79 Å². The number of methoxy groups -OCH3 is 2. The Bertz CT molecular complexity index is 574. The fourth-order valence-corrected chi connectivity index (χ4v) is 2.58. The molecule has 0 bridgehead atoms. The van der Waals surface area contributed by atoms with Gasteiger partial charge in [0.25, 0.3) is 0 Å². The molecule has 8 heteroatoms. The molecular weight excluding hydrogens is 303 g/mol. The summed E-state index contributed by atoms with van der Waals surface area (Å²) in [6, 6.07) is 1.95. The van der Waals surface area contributed by atoms with E-state index in [0.29, 0.717) is 5.56 Å². The molecule has 122 valence electrons. The summed E-state index contributed by atoms with van der Waals surface area (Å²) in [6.45, 7) is 0.218. The molecule has 2 N–H and O–H groups in total. The summed E-state index contributed by atoms with van der Waals surface area (Å²) in [4.78, 5) is 11.0. The predicted octanol–water partition coefficient (Wildman–Crippen LogP) is 2.46. The number of alkyl halides is 3. The predicted molar refractivity (Wildman–Crippen MR) is 71.0 cm³/mol. The van der Waals surface area contributed by atoms with Crippen molar-refractivity contribution in [1.82, 2.24) is 5.32 Å². The van der Waals surface area contributed by atoms with E-state index in [4.69, 9.17) is 14.6 Å². The molecule has 1 aromatic rings. The number of carboxylic acid groups (broad SMARTS) is 1. The lowest BCUT2D eigenvalue weighted by molar-refractivity contribution is -0.141. The lowest BCUT2D eigenvalue weighted by atomic mass is 9.97. The average molecular weight is 319 g/mol. The zero-order valence-electron chi connectivity index (χ0n) is 12.0. The molecule has 0 saturated carbocycles. The van der Waals surface area contributed by atoms with Crippen molar-refractivity contribution >= 4 is 5.97 Å². The molecule has 0 spiro atoms. The van der Waals surface area contributed by atoms with Gasteiger partial charge in [0.1, 0.15) is 5.56 Å². The summed E-state index contributed by atoms with van der Waals surface area (Å²) in [7, 11) is 2.39. The summed E-state index contributed by atoms with van der Waals surface area (Å²) in [5, 5.41) is 11.9. The maximum atomic E-state index is 13.2. The number of aliphatic carboxylic acids is 1. The van der Waals surface area contributed by atoms with Crippen LogP contribution in [0.1, 0.15) is 23.6 Å². The molecule has 1 fully saturated rings. The van der Waals surface area contributed by atoms with Gasteiger partial charge in [-0.05, 0) is 24.1 Å². The summed E-state index contributed by atoms with van der Waals surface area (Å²) >= 11 is 0. The van der Waals surface area contributed by atoms with Gasteiger partial charge < -0.3 is 19.9 Å². The molecule has 2 unspecified atom stereocenters. The topological polar surface area (TPSA) is 67.8 Å². The molecule has 0 aliphatic carbocycles. The van der Waals surface area contributed by atoms with E-state index in [1.165, 1.54) is 13.2 Å². The van der Waals surface area contributed by atoms with Crippen molar-refractivity contribution < 1.29 is 32.5 Å². The van der Waals surface area contributed by atoms with Crippen LogP contribution in [0.25, 0.3) is 0 Å². The third-order valence-corrected chi connectivity index (χ3v) is 3.69. The van der Waals surface area contributed by atoms with E-state index in [0.717, 1.165) is 13.2 Å². The van der Waals surface area contributed by atoms with E-state index in [1.807, 2.05) is 0 Å². The number of nitrogens with one attached hydrogen (secondary N) is 1. The molecule has 1 heterocycles. The van der Waals surface area contributed by atoms with Crippen molar-refractivity contribution in [2.75, 3.05) is 20.8 Å². The van der Waals surface area contributed by atoms with E-state index in [1.54, 1.807) is 0 Å². The Kier molecular flexibility index (Phi) is 4.50. The minimum absolute atomic E-state index is 0.0344. The highest BCUT2D eigenvalue weighted by Gasteiger charge is 2.38. The third kappa shape index (κ3) is 3.11. The van der Waals surface area contributed by atoms with Crippen molar-refractivity contribution in [3.05, 3.63) is 23.3 Å². The van der Waals surface area contributed by atoms with Gasteiger partial charge >= 0.3 is 12.1 Å². The van der Waals surface area contributed by atoms with Crippen molar-refractivity contribution in [2.24, 2.45) is 5.92 Å². The highest BCUT2D eigenvalue weighted by molar-refractivity contribution is 5.71. The molecule has 1 aliphatic rings. The van der Waals surface area contributed by atoms with Gasteiger partial charge in [0.05, 0.1) is 20.1 Å². The highest BCUT2D eigenvalue weighted by Crippen LogP contribution is 2.44. The zero-order chi connectivity index (χ0) is 16.5. The fourth-order valence-electron chi connectivity index (χ4n) is 2.58. The molecule has 2 rings (SSSR count). The van der Waals surface area contributed by atoms with Crippen LogP contribution in [0.5, 0.6) is 11.5 Å². The number of benzene rings is 1. The molecular formula is C14H16F3NO4. The van der Waals surface area contributed by atoms with Crippen LogP contribution in [0, 0.1) is 5.92 Å². The Morgan fingerprint density at radius 1 is 1.32 bits per heavy atom. The molecule has 0 amide bonds. The minimum Gasteiger partial charge on any atom is -0.493 e. The number of rotatable bonds is 4. The van der Waals surface area contributed by atoms with Gasteiger partial charge in [-0.15, -0.1) is 0 Å². The summed E-state index contributed by atoms with van der Waals surface area (Å²) in [6.07, 6.45) is -4.37. The van der Waals surface area contributed by atoms with E-state index in [2.05, 4.69) is 5.32 Å². The first kappa shape index (κ1) is 16.4. The summed E-state index contributed by atoms with van der Waals surface area (Å²) in [5.74, 6) is -2.00. The first-order valence-electron chi connectivity index (χ1n) is 6.57. The van der Waals surface area contributed by atoms with Crippen LogP contribution in [0.4, 0.5) is 13.2 Å². The average Bonchev–Trinajstić information content (AvgIpc) is 2.94. The second-order valence-corrected chi connectivity index (χ2v) is 5.03. The second-order valence-electron chi connectivity index (χ2n) is 5.03. The van der Waals surface area contributed by atoms with Crippen LogP contribution >= 0.6 is 0 Å². The first-order valence-corrected chi connectivity index (χ1v) is 6.57.